The molecule has 0 bridgehead atoms. The molecule has 0 saturated heterocycles. The lowest BCUT2D eigenvalue weighted by Crippen LogP contribution is -2.31. The molecule has 2 heterocycles. The number of hydrogen-bond donors (Lipinski definition) is 3. The molecule has 158 valence electrons. The maximum absolute atomic E-state index is 6.23. The highest BCUT2D eigenvalue weighted by Crippen LogP contribution is 2.30. The number of pyridine rings is 1. The smallest absolute Gasteiger partial charge is 0.150 e. The molecule has 0 spiro atoms. The first-order valence-corrected chi connectivity index (χ1v) is 11.3. The van der Waals surface area contributed by atoms with Crippen LogP contribution in [0, 0.1) is 5.92 Å². The maximum atomic E-state index is 6.23. The number of hydrogen-bond acceptors (Lipinski definition) is 4. The van der Waals surface area contributed by atoms with Crippen LogP contribution >= 0.6 is 0 Å². The van der Waals surface area contributed by atoms with Crippen molar-refractivity contribution >= 4 is 27.8 Å². The number of nitrogens with one attached hydrogen (secondary N) is 2. The molecule has 0 saturated carbocycles. The van der Waals surface area contributed by atoms with Crippen LogP contribution in [0.1, 0.15) is 71.2 Å². The van der Waals surface area contributed by atoms with E-state index in [1.165, 1.54) is 30.2 Å². The molecule has 0 amide bonds. The summed E-state index contributed by atoms with van der Waals surface area (Å²) in [7, 11) is 0. The zero-order valence-corrected chi connectivity index (χ0v) is 18.5. The molecule has 0 aliphatic carbocycles. The van der Waals surface area contributed by atoms with Crippen molar-refractivity contribution in [2.75, 3.05) is 12.3 Å². The lowest BCUT2D eigenvalue weighted by atomic mass is 10.0. The normalized spacial score (nSPS) is 13.0. The minimum atomic E-state index is 0.547. The molecule has 1 aromatic carbocycles. The molecule has 3 aromatic rings. The van der Waals surface area contributed by atoms with Gasteiger partial charge in [0, 0.05) is 17.8 Å². The van der Waals surface area contributed by atoms with Gasteiger partial charge in [0.25, 0.3) is 0 Å². The summed E-state index contributed by atoms with van der Waals surface area (Å²) in [4.78, 5) is 13.0. The first-order valence-electron chi connectivity index (χ1n) is 11.3. The third-order valence-electron chi connectivity index (χ3n) is 5.97. The van der Waals surface area contributed by atoms with Crippen molar-refractivity contribution in [3.63, 3.8) is 0 Å². The summed E-state index contributed by atoms with van der Waals surface area (Å²) in [6.45, 7) is 10.1. The van der Waals surface area contributed by atoms with Gasteiger partial charge in [-0.05, 0) is 56.7 Å². The molecule has 0 unspecified atom stereocenters. The number of aromatic amines is 1. The lowest BCUT2D eigenvalue weighted by molar-refractivity contribution is 0.420. The van der Waals surface area contributed by atoms with Gasteiger partial charge in [0.15, 0.2) is 0 Å². The number of anilines is 1. The predicted molar refractivity (Wildman–Crippen MR) is 124 cm³/mol. The molecule has 5 heteroatoms. The number of rotatable bonds is 11. The van der Waals surface area contributed by atoms with Crippen molar-refractivity contribution in [2.45, 2.75) is 78.7 Å². The summed E-state index contributed by atoms with van der Waals surface area (Å²) >= 11 is 0. The molecule has 0 fully saturated rings. The molecule has 5 nitrogen and oxygen atoms in total. The number of nitrogens with two attached hydrogens (primary N) is 1. The highest BCUT2D eigenvalue weighted by atomic mass is 15.0. The Hall–Kier alpha value is -2.14. The number of imidazole rings is 1. The van der Waals surface area contributed by atoms with E-state index in [0.29, 0.717) is 17.8 Å². The number of unbranched alkanes of at least 4 members (excludes halogenated alkanes) is 3. The van der Waals surface area contributed by atoms with Crippen LogP contribution in [0.15, 0.2) is 18.2 Å². The van der Waals surface area contributed by atoms with Crippen LogP contribution in [0.4, 0.5) is 5.82 Å². The van der Waals surface area contributed by atoms with E-state index in [1.807, 2.05) is 6.07 Å². The molecule has 1 atom stereocenters. The quantitative estimate of drug-likeness (QED) is 0.381. The zero-order chi connectivity index (χ0) is 20.8. The molecule has 2 aromatic heterocycles. The summed E-state index contributed by atoms with van der Waals surface area (Å²) in [5.74, 6) is 2.25. The molecular formula is C24H37N5. The fourth-order valence-electron chi connectivity index (χ4n) is 3.78. The number of H-pyrrole nitrogens is 1. The van der Waals surface area contributed by atoms with Crippen molar-refractivity contribution in [1.82, 2.24) is 20.3 Å². The number of aromatic nitrogens is 3. The van der Waals surface area contributed by atoms with Gasteiger partial charge in [-0.25, -0.2) is 9.97 Å². The van der Waals surface area contributed by atoms with Crippen molar-refractivity contribution in [3.8, 4) is 0 Å². The zero-order valence-electron chi connectivity index (χ0n) is 18.5. The Labute approximate surface area is 174 Å². The number of nitrogen functional groups attached to an aromatic ring is 1. The van der Waals surface area contributed by atoms with E-state index in [4.69, 9.17) is 10.7 Å². The van der Waals surface area contributed by atoms with E-state index < -0.39 is 0 Å². The summed E-state index contributed by atoms with van der Waals surface area (Å²) < 4.78 is 0. The van der Waals surface area contributed by atoms with Gasteiger partial charge in [0.05, 0.1) is 5.52 Å². The number of benzene rings is 1. The van der Waals surface area contributed by atoms with E-state index >= 15 is 0 Å². The fourth-order valence-corrected chi connectivity index (χ4v) is 3.78. The van der Waals surface area contributed by atoms with E-state index in [0.717, 1.165) is 54.6 Å². The minimum absolute atomic E-state index is 0.547. The van der Waals surface area contributed by atoms with Gasteiger partial charge in [-0.3, -0.25) is 0 Å². The number of aryl methyl sites for hydroxylation is 2. The number of nitrogens with zero attached hydrogens (tertiary/aromatic N) is 2. The molecule has 0 aliphatic rings. The largest absolute Gasteiger partial charge is 0.382 e. The van der Waals surface area contributed by atoms with Crippen LogP contribution in [0.5, 0.6) is 0 Å². The van der Waals surface area contributed by atoms with Crippen LogP contribution in [-0.2, 0) is 12.8 Å². The van der Waals surface area contributed by atoms with Crippen molar-refractivity contribution in [3.05, 3.63) is 29.6 Å². The lowest BCUT2D eigenvalue weighted by Gasteiger charge is -2.17. The minimum Gasteiger partial charge on any atom is -0.382 e. The van der Waals surface area contributed by atoms with E-state index in [1.54, 1.807) is 0 Å². The van der Waals surface area contributed by atoms with Gasteiger partial charge in [-0.1, -0.05) is 45.7 Å². The topological polar surface area (TPSA) is 79.6 Å². The average Bonchev–Trinajstić information content (AvgIpc) is 3.13. The van der Waals surface area contributed by atoms with Gasteiger partial charge in [-0.2, -0.15) is 0 Å². The summed E-state index contributed by atoms with van der Waals surface area (Å²) in [5, 5.41) is 4.79. The van der Waals surface area contributed by atoms with E-state index in [9.17, 15) is 0 Å². The molecule has 3 rings (SSSR count). The van der Waals surface area contributed by atoms with Crippen molar-refractivity contribution in [2.24, 2.45) is 5.92 Å². The van der Waals surface area contributed by atoms with Crippen LogP contribution in [0.25, 0.3) is 21.9 Å². The third-order valence-corrected chi connectivity index (χ3v) is 5.97. The van der Waals surface area contributed by atoms with E-state index in [-0.39, 0.29) is 0 Å². The highest BCUT2D eigenvalue weighted by molar-refractivity contribution is 6.07. The van der Waals surface area contributed by atoms with Crippen LogP contribution < -0.4 is 11.1 Å². The van der Waals surface area contributed by atoms with Crippen LogP contribution in [0.2, 0.25) is 0 Å². The fraction of sp³-hybridized carbons (Fsp3) is 0.583. The Morgan fingerprint density at radius 1 is 1.03 bits per heavy atom. The van der Waals surface area contributed by atoms with Gasteiger partial charge >= 0.3 is 0 Å². The van der Waals surface area contributed by atoms with Gasteiger partial charge in [0.1, 0.15) is 22.7 Å². The first-order chi connectivity index (χ1) is 14.0. The molecule has 0 radical (unpaired) electrons. The van der Waals surface area contributed by atoms with Gasteiger partial charge in [-0.15, -0.1) is 0 Å². The highest BCUT2D eigenvalue weighted by Gasteiger charge is 2.14. The second-order valence-electron chi connectivity index (χ2n) is 8.62. The maximum Gasteiger partial charge on any atom is 0.150 e. The Morgan fingerprint density at radius 3 is 2.62 bits per heavy atom. The summed E-state index contributed by atoms with van der Waals surface area (Å²) in [6, 6.07) is 6.94. The predicted octanol–water partition coefficient (Wildman–Crippen LogP) is 5.38. The Kier molecular flexibility index (Phi) is 7.48. The van der Waals surface area contributed by atoms with E-state index in [2.05, 4.69) is 55.1 Å². The molecule has 29 heavy (non-hydrogen) atoms. The van der Waals surface area contributed by atoms with Crippen molar-refractivity contribution in [1.29, 1.82) is 0 Å². The van der Waals surface area contributed by atoms with Gasteiger partial charge < -0.3 is 16.0 Å². The Balaban J connectivity index is 1.72. The molecule has 4 N–H and O–H groups in total. The number of fused-ring (bicyclic) bond motifs is 3. The third kappa shape index (κ3) is 5.27. The molecular weight excluding hydrogens is 358 g/mol. The Morgan fingerprint density at radius 2 is 1.86 bits per heavy atom. The summed E-state index contributed by atoms with van der Waals surface area (Å²) in [6.07, 6.45) is 7.90. The van der Waals surface area contributed by atoms with Crippen molar-refractivity contribution < 1.29 is 0 Å². The first kappa shape index (κ1) is 21.6. The second kappa shape index (κ2) is 10.1. The SMILES string of the molecule is CCCCc1nc2c([nH]1)c(N)nc1cccc(CCCCCN[C@@H](C)C(C)C)c12. The van der Waals surface area contributed by atoms with Crippen LogP contribution in [-0.4, -0.2) is 27.5 Å². The average molecular weight is 396 g/mol. The second-order valence-corrected chi connectivity index (χ2v) is 8.62. The standard InChI is InChI=1S/C24H37N5/c1-5-6-14-20-28-22-21-18(11-8-7-9-15-26-17(4)16(2)3)12-10-13-19(21)27-24(25)23(22)29-20/h10,12-13,16-17,26H,5-9,11,14-15H2,1-4H3,(H2,25,27)(H,28,29)/t17-/m0/s1. The Bertz CT molecular complexity index is 928. The summed E-state index contributed by atoms with van der Waals surface area (Å²) in [5.41, 5.74) is 10.4. The monoisotopic (exact) mass is 395 g/mol. The van der Waals surface area contributed by atoms with Crippen LogP contribution in [0.3, 0.4) is 0 Å². The van der Waals surface area contributed by atoms with Gasteiger partial charge in [0.2, 0.25) is 0 Å². The molecule has 0 aliphatic heterocycles.